The van der Waals surface area contributed by atoms with Crippen LogP contribution in [0.4, 0.5) is 5.82 Å². The van der Waals surface area contributed by atoms with E-state index in [2.05, 4.69) is 64.8 Å². The summed E-state index contributed by atoms with van der Waals surface area (Å²) in [5.41, 5.74) is 1.39. The van der Waals surface area contributed by atoms with Gasteiger partial charge in [0.2, 0.25) is 0 Å². The van der Waals surface area contributed by atoms with Crippen molar-refractivity contribution in [2.24, 2.45) is 5.92 Å². The molecule has 0 N–H and O–H groups in total. The summed E-state index contributed by atoms with van der Waals surface area (Å²) in [4.78, 5) is 12.4. The number of piperazine rings is 1. The molecule has 0 amide bonds. The molecular formula is C25H35ClN4. The number of nitrogens with zero attached hydrogens (tertiary/aromatic N) is 4. The van der Waals surface area contributed by atoms with Gasteiger partial charge in [-0.05, 0) is 62.1 Å². The van der Waals surface area contributed by atoms with Crippen LogP contribution in [0.5, 0.6) is 0 Å². The summed E-state index contributed by atoms with van der Waals surface area (Å²) in [6, 6.07) is 16.5. The number of hydrogen-bond acceptors (Lipinski definition) is 4. The molecule has 4 nitrogen and oxygen atoms in total. The Bertz CT molecular complexity index is 787. The zero-order valence-electron chi connectivity index (χ0n) is 18.5. The monoisotopic (exact) mass is 426 g/mol. The summed E-state index contributed by atoms with van der Waals surface area (Å²) >= 11 is 6.12. The molecule has 0 bridgehead atoms. The zero-order valence-corrected chi connectivity index (χ0v) is 19.3. The van der Waals surface area contributed by atoms with Crippen molar-refractivity contribution >= 4 is 17.4 Å². The first kappa shape index (κ1) is 21.6. The average Bonchev–Trinajstić information content (AvgIpc) is 2.76. The number of anilines is 1. The van der Waals surface area contributed by atoms with Gasteiger partial charge in [-0.1, -0.05) is 43.6 Å². The first-order chi connectivity index (χ1) is 14.5. The molecule has 2 saturated heterocycles. The molecule has 1 aromatic carbocycles. The van der Waals surface area contributed by atoms with Crippen LogP contribution < -0.4 is 4.90 Å². The molecule has 0 spiro atoms. The first-order valence-corrected chi connectivity index (χ1v) is 11.8. The van der Waals surface area contributed by atoms with E-state index in [1.54, 1.807) is 0 Å². The van der Waals surface area contributed by atoms with Gasteiger partial charge in [0.1, 0.15) is 5.82 Å². The number of pyridine rings is 1. The summed E-state index contributed by atoms with van der Waals surface area (Å²) < 4.78 is 0. The molecule has 0 radical (unpaired) electrons. The second-order valence-corrected chi connectivity index (χ2v) is 9.77. The quantitative estimate of drug-likeness (QED) is 0.697. The summed E-state index contributed by atoms with van der Waals surface area (Å²) in [5, 5.41) is 0.818. The highest BCUT2D eigenvalue weighted by atomic mass is 35.5. The van der Waals surface area contributed by atoms with Gasteiger partial charge in [0.25, 0.3) is 0 Å². The van der Waals surface area contributed by atoms with Gasteiger partial charge in [-0.2, -0.15) is 0 Å². The Hall–Kier alpha value is -1.62. The Balaban J connectivity index is 1.47. The Labute approximate surface area is 186 Å². The predicted molar refractivity (Wildman–Crippen MR) is 126 cm³/mol. The lowest BCUT2D eigenvalue weighted by molar-refractivity contribution is -0.00723. The van der Waals surface area contributed by atoms with Gasteiger partial charge >= 0.3 is 0 Å². The highest BCUT2D eigenvalue weighted by Crippen LogP contribution is 2.29. The molecule has 2 aliphatic rings. The Morgan fingerprint density at radius 2 is 1.77 bits per heavy atom. The zero-order chi connectivity index (χ0) is 21.1. The van der Waals surface area contributed by atoms with Crippen molar-refractivity contribution in [2.45, 2.75) is 51.2 Å². The number of aromatic nitrogens is 1. The summed E-state index contributed by atoms with van der Waals surface area (Å²) in [6.07, 6.45) is 5.41. The molecule has 1 aromatic heterocycles. The van der Waals surface area contributed by atoms with Gasteiger partial charge in [-0.3, -0.25) is 4.90 Å². The highest BCUT2D eigenvalue weighted by Gasteiger charge is 2.38. The van der Waals surface area contributed by atoms with Gasteiger partial charge in [0.15, 0.2) is 0 Å². The smallest absolute Gasteiger partial charge is 0.128 e. The Morgan fingerprint density at radius 1 is 1.03 bits per heavy atom. The van der Waals surface area contributed by atoms with E-state index < -0.39 is 0 Å². The maximum absolute atomic E-state index is 6.12. The van der Waals surface area contributed by atoms with Crippen LogP contribution in [0, 0.1) is 5.92 Å². The number of halogens is 1. The van der Waals surface area contributed by atoms with E-state index in [0.717, 1.165) is 36.9 Å². The molecule has 3 heterocycles. The molecule has 2 aliphatic heterocycles. The van der Waals surface area contributed by atoms with Crippen LogP contribution in [0.15, 0.2) is 48.7 Å². The minimum atomic E-state index is 0.553. The van der Waals surface area contributed by atoms with Crippen molar-refractivity contribution in [1.82, 2.24) is 14.8 Å². The predicted octanol–water partition coefficient (Wildman–Crippen LogP) is 4.59. The second-order valence-electron chi connectivity index (χ2n) is 9.34. The van der Waals surface area contributed by atoms with Gasteiger partial charge in [0.05, 0.1) is 0 Å². The van der Waals surface area contributed by atoms with E-state index in [-0.39, 0.29) is 0 Å². The summed E-state index contributed by atoms with van der Waals surface area (Å²) in [6.45, 7) is 9.21. The van der Waals surface area contributed by atoms with Crippen LogP contribution in [-0.4, -0.2) is 66.1 Å². The topological polar surface area (TPSA) is 22.6 Å². The molecule has 5 heteroatoms. The molecule has 2 atom stereocenters. The fourth-order valence-corrected chi connectivity index (χ4v) is 5.41. The van der Waals surface area contributed by atoms with Crippen LogP contribution >= 0.6 is 11.6 Å². The molecule has 30 heavy (non-hydrogen) atoms. The van der Waals surface area contributed by atoms with Crippen molar-refractivity contribution in [3.05, 3.63) is 59.2 Å². The lowest BCUT2D eigenvalue weighted by atomic mass is 9.91. The van der Waals surface area contributed by atoms with E-state index in [9.17, 15) is 0 Å². The number of likely N-dealkylation sites (N-methyl/N-ethyl adjacent to an activating group) is 1. The van der Waals surface area contributed by atoms with E-state index in [1.165, 1.54) is 24.9 Å². The molecule has 2 fully saturated rings. The van der Waals surface area contributed by atoms with Crippen LogP contribution in [0.1, 0.15) is 32.3 Å². The molecule has 4 rings (SSSR count). The first-order valence-electron chi connectivity index (χ1n) is 11.4. The van der Waals surface area contributed by atoms with Crippen molar-refractivity contribution in [2.75, 3.05) is 38.1 Å². The highest BCUT2D eigenvalue weighted by molar-refractivity contribution is 6.30. The lowest BCUT2D eigenvalue weighted by Crippen LogP contribution is -2.63. The van der Waals surface area contributed by atoms with Crippen LogP contribution in [-0.2, 0) is 6.42 Å². The van der Waals surface area contributed by atoms with Crippen molar-refractivity contribution in [3.63, 3.8) is 0 Å². The van der Waals surface area contributed by atoms with E-state index >= 15 is 0 Å². The fraction of sp³-hybridized carbons (Fsp3) is 0.560. The fourth-order valence-electron chi connectivity index (χ4n) is 5.29. The van der Waals surface area contributed by atoms with Crippen molar-refractivity contribution < 1.29 is 0 Å². The summed E-state index contributed by atoms with van der Waals surface area (Å²) in [7, 11) is 2.31. The number of hydrogen-bond donors (Lipinski definition) is 0. The molecule has 1 unspecified atom stereocenters. The second kappa shape index (κ2) is 9.67. The maximum Gasteiger partial charge on any atom is 0.128 e. The third-order valence-corrected chi connectivity index (χ3v) is 7.24. The normalized spacial score (nSPS) is 24.5. The number of benzene rings is 1. The van der Waals surface area contributed by atoms with Crippen LogP contribution in [0.25, 0.3) is 0 Å². The van der Waals surface area contributed by atoms with Gasteiger partial charge in [-0.15, -0.1) is 0 Å². The number of rotatable bonds is 5. The van der Waals surface area contributed by atoms with E-state index in [1.807, 2.05) is 24.4 Å². The van der Waals surface area contributed by atoms with Gasteiger partial charge < -0.3 is 9.80 Å². The van der Waals surface area contributed by atoms with Crippen molar-refractivity contribution in [3.8, 4) is 0 Å². The molecule has 0 aliphatic carbocycles. The van der Waals surface area contributed by atoms with Gasteiger partial charge in [0, 0.05) is 55.5 Å². The van der Waals surface area contributed by atoms with Gasteiger partial charge in [-0.25, -0.2) is 4.98 Å². The maximum atomic E-state index is 6.12. The largest absolute Gasteiger partial charge is 0.357 e. The van der Waals surface area contributed by atoms with E-state index in [4.69, 9.17) is 11.6 Å². The van der Waals surface area contributed by atoms with E-state index in [0.29, 0.717) is 24.0 Å². The lowest BCUT2D eigenvalue weighted by Gasteiger charge is -2.51. The standard InChI is InChI=1S/C25H35ClN4/c1-19(2)24-18-30(22-11-14-29(15-12-22)25-6-4-5-13-27-25)23(17-28(24)3)16-20-7-9-21(26)10-8-20/h4-10,13,19,22-24H,11-12,14-18H2,1-3H3/t23-,24?/m0/s1. The summed E-state index contributed by atoms with van der Waals surface area (Å²) in [5.74, 6) is 1.79. The number of piperidine rings is 1. The third kappa shape index (κ3) is 4.99. The van der Waals surface area contributed by atoms with Crippen LogP contribution in [0.2, 0.25) is 5.02 Å². The third-order valence-electron chi connectivity index (χ3n) is 6.99. The van der Waals surface area contributed by atoms with Crippen LogP contribution in [0.3, 0.4) is 0 Å². The van der Waals surface area contributed by atoms with Crippen molar-refractivity contribution in [1.29, 1.82) is 0 Å². The minimum absolute atomic E-state index is 0.553. The minimum Gasteiger partial charge on any atom is -0.357 e. The molecule has 0 saturated carbocycles. The molecule has 2 aromatic rings. The molecule has 162 valence electrons. The molecular weight excluding hydrogens is 392 g/mol. The Morgan fingerprint density at radius 3 is 2.40 bits per heavy atom. The average molecular weight is 427 g/mol. The SMILES string of the molecule is CC(C)C1CN(C2CCN(c3ccccn3)CC2)[C@@H](Cc2ccc(Cl)cc2)CN1C. The Kier molecular flexibility index (Phi) is 6.97.